The van der Waals surface area contributed by atoms with Gasteiger partial charge >= 0.3 is 0 Å². The van der Waals surface area contributed by atoms with Gasteiger partial charge in [0.2, 0.25) is 5.91 Å². The second-order valence-electron chi connectivity index (χ2n) is 4.93. The average Bonchev–Trinajstić information content (AvgIpc) is 2.56. The predicted molar refractivity (Wildman–Crippen MR) is 94.4 cm³/mol. The molecule has 1 amide bonds. The lowest BCUT2D eigenvalue weighted by Crippen LogP contribution is -2.24. The summed E-state index contributed by atoms with van der Waals surface area (Å²) in [4.78, 5) is 11.8. The quantitative estimate of drug-likeness (QED) is 0.787. The number of halogens is 2. The van der Waals surface area contributed by atoms with Crippen molar-refractivity contribution in [1.29, 1.82) is 0 Å². The van der Waals surface area contributed by atoms with Crippen LogP contribution in [0.5, 0.6) is 5.75 Å². The number of anilines is 1. The molecule has 0 radical (unpaired) electrons. The van der Waals surface area contributed by atoms with E-state index < -0.39 is 0 Å². The van der Waals surface area contributed by atoms with Gasteiger partial charge in [-0.15, -0.1) is 0 Å². The van der Waals surface area contributed by atoms with E-state index in [4.69, 9.17) is 27.9 Å². The Balaban J connectivity index is 1.71. The molecule has 2 rings (SSSR count). The van der Waals surface area contributed by atoms with Crippen LogP contribution < -0.4 is 15.4 Å². The minimum absolute atomic E-state index is 0.0200. The number of hydrogen-bond donors (Lipinski definition) is 2. The van der Waals surface area contributed by atoms with Gasteiger partial charge in [-0.05, 0) is 35.9 Å². The van der Waals surface area contributed by atoms with Gasteiger partial charge in [0.15, 0.2) is 0 Å². The van der Waals surface area contributed by atoms with Gasteiger partial charge in [0.25, 0.3) is 0 Å². The topological polar surface area (TPSA) is 50.4 Å². The Morgan fingerprint density at radius 2 is 1.83 bits per heavy atom. The SMILES string of the molecule is COc1ccc(CNC(=O)CCNc2ccc(Cl)c(Cl)c2)cc1. The lowest BCUT2D eigenvalue weighted by molar-refractivity contribution is -0.121. The summed E-state index contributed by atoms with van der Waals surface area (Å²) in [6.45, 7) is 1.02. The zero-order chi connectivity index (χ0) is 16.7. The summed E-state index contributed by atoms with van der Waals surface area (Å²) >= 11 is 11.8. The molecule has 4 nitrogen and oxygen atoms in total. The van der Waals surface area contributed by atoms with Crippen LogP contribution in [0.25, 0.3) is 0 Å². The number of amides is 1. The molecule has 0 aromatic heterocycles. The van der Waals surface area contributed by atoms with Gasteiger partial charge in [-0.1, -0.05) is 35.3 Å². The van der Waals surface area contributed by atoms with Crippen molar-refractivity contribution >= 4 is 34.8 Å². The first-order chi connectivity index (χ1) is 11.1. The van der Waals surface area contributed by atoms with Gasteiger partial charge in [0, 0.05) is 25.2 Å². The van der Waals surface area contributed by atoms with Crippen molar-refractivity contribution in [2.45, 2.75) is 13.0 Å². The summed E-state index contributed by atoms with van der Waals surface area (Å²) in [5.41, 5.74) is 1.86. The zero-order valence-corrected chi connectivity index (χ0v) is 14.2. The third kappa shape index (κ3) is 5.66. The molecular weight excluding hydrogens is 335 g/mol. The van der Waals surface area contributed by atoms with Crippen LogP contribution in [0.1, 0.15) is 12.0 Å². The van der Waals surface area contributed by atoms with E-state index in [-0.39, 0.29) is 5.91 Å². The minimum Gasteiger partial charge on any atom is -0.497 e. The Bertz CT molecular complexity index is 660. The Labute approximate surface area is 145 Å². The number of ether oxygens (including phenoxy) is 1. The number of methoxy groups -OCH3 is 1. The van der Waals surface area contributed by atoms with Crippen LogP contribution in [0.15, 0.2) is 42.5 Å². The first-order valence-corrected chi connectivity index (χ1v) is 7.92. The fourth-order valence-corrected chi connectivity index (χ4v) is 2.26. The molecule has 0 saturated heterocycles. The Hall–Kier alpha value is -1.91. The first kappa shape index (κ1) is 17.4. The molecule has 122 valence electrons. The molecule has 2 aromatic carbocycles. The second-order valence-corrected chi connectivity index (χ2v) is 5.74. The van der Waals surface area contributed by atoms with E-state index >= 15 is 0 Å². The van der Waals surface area contributed by atoms with E-state index in [1.807, 2.05) is 30.3 Å². The largest absolute Gasteiger partial charge is 0.497 e. The van der Waals surface area contributed by atoms with Crippen molar-refractivity contribution in [1.82, 2.24) is 5.32 Å². The van der Waals surface area contributed by atoms with E-state index in [2.05, 4.69) is 10.6 Å². The zero-order valence-electron chi connectivity index (χ0n) is 12.7. The molecule has 0 fully saturated rings. The van der Waals surface area contributed by atoms with E-state index in [9.17, 15) is 4.79 Å². The van der Waals surface area contributed by atoms with Crippen LogP contribution in [0.3, 0.4) is 0 Å². The molecular formula is C17H18Cl2N2O2. The molecule has 0 aliphatic rings. The number of carbonyl (C=O) groups is 1. The molecule has 0 heterocycles. The highest BCUT2D eigenvalue weighted by Crippen LogP contribution is 2.24. The second kappa shape index (κ2) is 8.65. The molecule has 23 heavy (non-hydrogen) atoms. The van der Waals surface area contributed by atoms with Crippen LogP contribution in [-0.2, 0) is 11.3 Å². The summed E-state index contributed by atoms with van der Waals surface area (Å²) in [5, 5.41) is 7.01. The highest BCUT2D eigenvalue weighted by molar-refractivity contribution is 6.42. The predicted octanol–water partition coefficient (Wildman–Crippen LogP) is 4.12. The smallest absolute Gasteiger partial charge is 0.222 e. The van der Waals surface area contributed by atoms with Crippen LogP contribution >= 0.6 is 23.2 Å². The molecule has 0 spiro atoms. The fourth-order valence-electron chi connectivity index (χ4n) is 1.96. The number of hydrogen-bond acceptors (Lipinski definition) is 3. The highest BCUT2D eigenvalue weighted by Gasteiger charge is 2.03. The molecule has 0 unspecified atom stereocenters. The summed E-state index contributed by atoms with van der Waals surface area (Å²) in [7, 11) is 1.62. The van der Waals surface area contributed by atoms with Crippen molar-refractivity contribution in [3.8, 4) is 5.75 Å². The highest BCUT2D eigenvalue weighted by atomic mass is 35.5. The monoisotopic (exact) mass is 352 g/mol. The third-order valence-electron chi connectivity index (χ3n) is 3.25. The van der Waals surface area contributed by atoms with Crippen LogP contribution in [-0.4, -0.2) is 19.6 Å². The van der Waals surface area contributed by atoms with Crippen molar-refractivity contribution in [2.75, 3.05) is 19.0 Å². The number of nitrogens with one attached hydrogen (secondary N) is 2. The molecule has 2 N–H and O–H groups in total. The van der Waals surface area contributed by atoms with Crippen molar-refractivity contribution < 1.29 is 9.53 Å². The van der Waals surface area contributed by atoms with Gasteiger partial charge in [-0.2, -0.15) is 0 Å². The molecule has 0 saturated carbocycles. The van der Waals surface area contributed by atoms with Gasteiger partial charge in [-0.25, -0.2) is 0 Å². The number of benzene rings is 2. The molecule has 6 heteroatoms. The van der Waals surface area contributed by atoms with Crippen molar-refractivity contribution in [3.63, 3.8) is 0 Å². The molecule has 0 atom stereocenters. The molecule has 2 aromatic rings. The van der Waals surface area contributed by atoms with Gasteiger partial charge in [0.05, 0.1) is 17.2 Å². The maximum absolute atomic E-state index is 11.8. The summed E-state index contributed by atoms with van der Waals surface area (Å²) < 4.78 is 5.09. The fraction of sp³-hybridized carbons (Fsp3) is 0.235. The third-order valence-corrected chi connectivity index (χ3v) is 3.99. The summed E-state index contributed by atoms with van der Waals surface area (Å²) in [6.07, 6.45) is 0.371. The van der Waals surface area contributed by atoms with E-state index in [0.29, 0.717) is 29.6 Å². The van der Waals surface area contributed by atoms with E-state index in [0.717, 1.165) is 17.0 Å². The summed E-state index contributed by atoms with van der Waals surface area (Å²) in [6, 6.07) is 12.9. The average molecular weight is 353 g/mol. The Kier molecular flexibility index (Phi) is 6.56. The summed E-state index contributed by atoms with van der Waals surface area (Å²) in [5.74, 6) is 0.777. The lowest BCUT2D eigenvalue weighted by atomic mass is 10.2. The first-order valence-electron chi connectivity index (χ1n) is 7.17. The van der Waals surface area contributed by atoms with Gasteiger partial charge in [0.1, 0.15) is 5.75 Å². The standard InChI is InChI=1S/C17H18Cl2N2O2/c1-23-14-5-2-12(3-6-14)11-21-17(22)8-9-20-13-4-7-15(18)16(19)10-13/h2-7,10,20H,8-9,11H2,1H3,(H,21,22). The Morgan fingerprint density at radius 1 is 1.09 bits per heavy atom. The lowest BCUT2D eigenvalue weighted by Gasteiger charge is -2.09. The van der Waals surface area contributed by atoms with Gasteiger partial charge in [-0.3, -0.25) is 4.79 Å². The van der Waals surface area contributed by atoms with E-state index in [1.54, 1.807) is 19.2 Å². The van der Waals surface area contributed by atoms with Crippen molar-refractivity contribution in [2.24, 2.45) is 0 Å². The number of carbonyl (C=O) groups excluding carboxylic acids is 1. The van der Waals surface area contributed by atoms with Gasteiger partial charge < -0.3 is 15.4 Å². The van der Waals surface area contributed by atoms with Crippen LogP contribution in [0, 0.1) is 0 Å². The van der Waals surface area contributed by atoms with Crippen molar-refractivity contribution in [3.05, 3.63) is 58.1 Å². The molecule has 0 aliphatic heterocycles. The molecule has 0 bridgehead atoms. The maximum atomic E-state index is 11.8. The Morgan fingerprint density at radius 3 is 2.48 bits per heavy atom. The maximum Gasteiger partial charge on any atom is 0.222 e. The normalized spacial score (nSPS) is 10.2. The van der Waals surface area contributed by atoms with E-state index in [1.165, 1.54) is 0 Å². The number of rotatable bonds is 7. The minimum atomic E-state index is -0.0200. The van der Waals surface area contributed by atoms with Crippen LogP contribution in [0.2, 0.25) is 10.0 Å². The van der Waals surface area contributed by atoms with Crippen LogP contribution in [0.4, 0.5) is 5.69 Å². The molecule has 0 aliphatic carbocycles.